The van der Waals surface area contributed by atoms with Crippen molar-refractivity contribution in [1.82, 2.24) is 0 Å². The van der Waals surface area contributed by atoms with Crippen LogP contribution in [0, 0.1) is 5.41 Å². The van der Waals surface area contributed by atoms with E-state index in [-0.39, 0.29) is 12.7 Å². The summed E-state index contributed by atoms with van der Waals surface area (Å²) in [5, 5.41) is 8.85. The summed E-state index contributed by atoms with van der Waals surface area (Å²) in [6, 6.07) is 0. The zero-order chi connectivity index (χ0) is 12.4. The van der Waals surface area contributed by atoms with Crippen LogP contribution in [0.25, 0.3) is 0 Å². The van der Waals surface area contributed by atoms with Crippen molar-refractivity contribution in [2.24, 2.45) is 11.1 Å². The van der Waals surface area contributed by atoms with Crippen LogP contribution >= 0.6 is 0 Å². The summed E-state index contributed by atoms with van der Waals surface area (Å²) < 4.78 is 5.60. The zero-order valence-corrected chi connectivity index (χ0v) is 10.5. The van der Waals surface area contributed by atoms with Gasteiger partial charge in [0.15, 0.2) is 0 Å². The lowest BCUT2D eigenvalue weighted by molar-refractivity contribution is -0.146. The Labute approximate surface area is 97.2 Å². The topological polar surface area (TPSA) is 72.5 Å². The number of nitrogens with two attached hydrogens (primary N) is 1. The van der Waals surface area contributed by atoms with E-state index in [1.807, 2.05) is 0 Å². The van der Waals surface area contributed by atoms with Gasteiger partial charge in [-0.1, -0.05) is 13.8 Å². The molecule has 0 aromatic heterocycles. The first-order valence-electron chi connectivity index (χ1n) is 5.87. The van der Waals surface area contributed by atoms with Crippen molar-refractivity contribution in [3.63, 3.8) is 0 Å². The van der Waals surface area contributed by atoms with Gasteiger partial charge >= 0.3 is 5.97 Å². The first-order valence-corrected chi connectivity index (χ1v) is 5.87. The van der Waals surface area contributed by atoms with Crippen LogP contribution in [0.3, 0.4) is 0 Å². The average Bonchev–Trinajstić information content (AvgIpc) is 2.16. The SMILES string of the molecule is CC1(C)CCC(OCC(C)(N)C(=O)O)CC1. The summed E-state index contributed by atoms with van der Waals surface area (Å²) in [7, 11) is 0. The minimum atomic E-state index is -1.27. The number of ether oxygens (including phenoxy) is 1. The van der Waals surface area contributed by atoms with Gasteiger partial charge in [0.1, 0.15) is 5.54 Å². The predicted molar refractivity (Wildman–Crippen MR) is 62.2 cm³/mol. The van der Waals surface area contributed by atoms with Crippen LogP contribution in [0.2, 0.25) is 0 Å². The Kier molecular flexibility index (Phi) is 3.97. The molecule has 0 aromatic rings. The molecular formula is C12H23NO3. The molecule has 1 saturated carbocycles. The van der Waals surface area contributed by atoms with Crippen molar-refractivity contribution in [2.75, 3.05) is 6.61 Å². The Morgan fingerprint density at radius 2 is 2.00 bits per heavy atom. The third-order valence-corrected chi connectivity index (χ3v) is 3.39. The van der Waals surface area contributed by atoms with Crippen LogP contribution in [-0.2, 0) is 9.53 Å². The number of carbonyl (C=O) groups is 1. The Morgan fingerprint density at radius 1 is 1.50 bits per heavy atom. The first kappa shape index (κ1) is 13.5. The van der Waals surface area contributed by atoms with Gasteiger partial charge in [-0.3, -0.25) is 4.79 Å². The molecule has 0 bridgehead atoms. The molecule has 0 amide bonds. The van der Waals surface area contributed by atoms with Crippen molar-refractivity contribution in [3.8, 4) is 0 Å². The van der Waals surface area contributed by atoms with E-state index in [1.165, 1.54) is 6.92 Å². The third kappa shape index (κ3) is 3.76. The smallest absolute Gasteiger partial charge is 0.325 e. The van der Waals surface area contributed by atoms with Gasteiger partial charge in [0, 0.05) is 0 Å². The van der Waals surface area contributed by atoms with Crippen LogP contribution in [0.4, 0.5) is 0 Å². The molecule has 1 aliphatic rings. The Balaban J connectivity index is 2.33. The lowest BCUT2D eigenvalue weighted by Crippen LogP contribution is -2.50. The van der Waals surface area contributed by atoms with E-state index in [2.05, 4.69) is 13.8 Å². The zero-order valence-electron chi connectivity index (χ0n) is 10.5. The molecule has 1 aliphatic carbocycles. The molecule has 3 N–H and O–H groups in total. The van der Waals surface area contributed by atoms with Gasteiger partial charge in [0.05, 0.1) is 12.7 Å². The van der Waals surface area contributed by atoms with Crippen molar-refractivity contribution >= 4 is 5.97 Å². The summed E-state index contributed by atoms with van der Waals surface area (Å²) >= 11 is 0. The highest BCUT2D eigenvalue weighted by Gasteiger charge is 2.32. The van der Waals surface area contributed by atoms with E-state index in [0.29, 0.717) is 5.41 Å². The number of hydrogen-bond acceptors (Lipinski definition) is 3. The lowest BCUT2D eigenvalue weighted by atomic mass is 9.76. The molecule has 4 nitrogen and oxygen atoms in total. The molecule has 4 heteroatoms. The molecule has 0 heterocycles. The van der Waals surface area contributed by atoms with Gasteiger partial charge in [-0.25, -0.2) is 0 Å². The first-order chi connectivity index (χ1) is 7.23. The molecule has 1 rings (SSSR count). The third-order valence-electron chi connectivity index (χ3n) is 3.39. The Hall–Kier alpha value is -0.610. The van der Waals surface area contributed by atoms with E-state index in [0.717, 1.165) is 25.7 Å². The predicted octanol–water partition coefficient (Wildman–Crippen LogP) is 1.77. The fourth-order valence-electron chi connectivity index (χ4n) is 1.89. The quantitative estimate of drug-likeness (QED) is 0.770. The Morgan fingerprint density at radius 3 is 2.44 bits per heavy atom. The van der Waals surface area contributed by atoms with Crippen LogP contribution < -0.4 is 5.73 Å². The highest BCUT2D eigenvalue weighted by Crippen LogP contribution is 2.36. The monoisotopic (exact) mass is 229 g/mol. The van der Waals surface area contributed by atoms with E-state index in [1.54, 1.807) is 0 Å². The highest BCUT2D eigenvalue weighted by atomic mass is 16.5. The Bertz CT molecular complexity index is 251. The van der Waals surface area contributed by atoms with E-state index < -0.39 is 11.5 Å². The molecule has 0 spiro atoms. The summed E-state index contributed by atoms with van der Waals surface area (Å²) in [5.74, 6) is -1.01. The van der Waals surface area contributed by atoms with E-state index in [4.69, 9.17) is 15.6 Å². The van der Waals surface area contributed by atoms with Gasteiger partial charge in [0.2, 0.25) is 0 Å². The molecule has 1 atom stereocenters. The van der Waals surface area contributed by atoms with Gasteiger partial charge in [-0.2, -0.15) is 0 Å². The van der Waals surface area contributed by atoms with Crippen molar-refractivity contribution < 1.29 is 14.6 Å². The van der Waals surface area contributed by atoms with Crippen molar-refractivity contribution in [1.29, 1.82) is 0 Å². The summed E-state index contributed by atoms with van der Waals surface area (Å²) in [6.45, 7) is 6.09. The van der Waals surface area contributed by atoms with Gasteiger partial charge in [0.25, 0.3) is 0 Å². The molecule has 0 radical (unpaired) electrons. The molecule has 0 saturated heterocycles. The summed E-state index contributed by atoms with van der Waals surface area (Å²) in [5.41, 5.74) is 4.74. The van der Waals surface area contributed by atoms with Gasteiger partial charge in [-0.15, -0.1) is 0 Å². The second kappa shape index (κ2) is 4.72. The average molecular weight is 229 g/mol. The molecule has 0 aliphatic heterocycles. The maximum absolute atomic E-state index is 10.8. The van der Waals surface area contributed by atoms with Crippen molar-refractivity contribution in [2.45, 2.75) is 58.1 Å². The van der Waals surface area contributed by atoms with E-state index >= 15 is 0 Å². The minimum absolute atomic E-state index is 0.0907. The summed E-state index contributed by atoms with van der Waals surface area (Å²) in [4.78, 5) is 10.8. The van der Waals surface area contributed by atoms with E-state index in [9.17, 15) is 4.79 Å². The number of carboxylic acids is 1. The van der Waals surface area contributed by atoms with Gasteiger partial charge in [-0.05, 0) is 38.0 Å². The van der Waals surface area contributed by atoms with Crippen LogP contribution in [0.5, 0.6) is 0 Å². The highest BCUT2D eigenvalue weighted by molar-refractivity contribution is 5.77. The number of aliphatic carboxylic acids is 1. The standard InChI is InChI=1S/C12H23NO3/c1-11(2)6-4-9(5-7-11)16-8-12(3,13)10(14)15/h9H,4-8,13H2,1-3H3,(H,14,15). The molecule has 94 valence electrons. The van der Waals surface area contributed by atoms with Gasteiger partial charge < -0.3 is 15.6 Å². The van der Waals surface area contributed by atoms with Crippen LogP contribution in [0.15, 0.2) is 0 Å². The molecular weight excluding hydrogens is 206 g/mol. The second-order valence-electron chi connectivity index (χ2n) is 5.90. The summed E-state index contributed by atoms with van der Waals surface area (Å²) in [6.07, 6.45) is 4.44. The fraction of sp³-hybridized carbons (Fsp3) is 0.917. The minimum Gasteiger partial charge on any atom is -0.480 e. The van der Waals surface area contributed by atoms with Crippen LogP contribution in [-0.4, -0.2) is 29.3 Å². The largest absolute Gasteiger partial charge is 0.480 e. The number of carboxylic acid groups (broad SMARTS) is 1. The number of rotatable bonds is 4. The normalized spacial score (nSPS) is 25.0. The maximum Gasteiger partial charge on any atom is 0.325 e. The molecule has 0 aromatic carbocycles. The van der Waals surface area contributed by atoms with Crippen LogP contribution in [0.1, 0.15) is 46.5 Å². The molecule has 1 unspecified atom stereocenters. The second-order valence-corrected chi connectivity index (χ2v) is 5.90. The number of hydrogen-bond donors (Lipinski definition) is 2. The lowest BCUT2D eigenvalue weighted by Gasteiger charge is -2.35. The molecule has 16 heavy (non-hydrogen) atoms. The molecule has 1 fully saturated rings. The maximum atomic E-state index is 10.8. The van der Waals surface area contributed by atoms with Crippen molar-refractivity contribution in [3.05, 3.63) is 0 Å². The fourth-order valence-corrected chi connectivity index (χ4v) is 1.89.